The minimum absolute atomic E-state index is 0.168. The number of fused-ring (bicyclic) bond motifs is 3. The van der Waals surface area contributed by atoms with Gasteiger partial charge in [-0.3, -0.25) is 9.20 Å². The molecule has 0 unspecified atom stereocenters. The van der Waals surface area contributed by atoms with Crippen molar-refractivity contribution >= 4 is 40.0 Å². The number of carbonyl (C=O) groups excluding carboxylic acids is 1. The Morgan fingerprint density at radius 3 is 2.74 bits per heavy atom. The maximum Gasteiger partial charge on any atom is 0.252 e. The van der Waals surface area contributed by atoms with Crippen LogP contribution in [0.25, 0.3) is 16.7 Å². The summed E-state index contributed by atoms with van der Waals surface area (Å²) in [5.74, 6) is 1.99. The first kappa shape index (κ1) is 23.7. The highest BCUT2D eigenvalue weighted by Gasteiger charge is 2.14. The van der Waals surface area contributed by atoms with Crippen LogP contribution in [0.1, 0.15) is 29.0 Å². The Bertz CT molecular complexity index is 1290. The van der Waals surface area contributed by atoms with Crippen LogP contribution in [0.4, 0.5) is 5.82 Å². The van der Waals surface area contributed by atoms with Crippen molar-refractivity contribution in [3.8, 4) is 5.75 Å². The number of nitrogens with zero attached hydrogens (tertiary/aromatic N) is 4. The van der Waals surface area contributed by atoms with E-state index in [1.807, 2.05) is 29.5 Å². The molecular formula is C24H27ClN6O3. The zero-order chi connectivity index (χ0) is 23.9. The van der Waals surface area contributed by atoms with Crippen LogP contribution in [0.15, 0.2) is 42.5 Å². The van der Waals surface area contributed by atoms with E-state index in [9.17, 15) is 4.79 Å². The molecule has 2 N–H and O–H groups in total. The third kappa shape index (κ3) is 5.37. The lowest BCUT2D eigenvalue weighted by molar-refractivity contribution is 0.0953. The molecule has 0 aliphatic carbocycles. The molecule has 9 nitrogen and oxygen atoms in total. The first-order valence-electron chi connectivity index (χ1n) is 11.1. The zero-order valence-corrected chi connectivity index (χ0v) is 19.9. The fraction of sp³-hybridized carbons (Fsp3) is 0.333. The average molecular weight is 483 g/mol. The van der Waals surface area contributed by atoms with Crippen LogP contribution in [-0.4, -0.2) is 58.9 Å². The lowest BCUT2D eigenvalue weighted by Crippen LogP contribution is -2.25. The van der Waals surface area contributed by atoms with Crippen molar-refractivity contribution in [3.05, 3.63) is 58.9 Å². The number of halogens is 1. The Hall–Kier alpha value is -3.43. The van der Waals surface area contributed by atoms with Crippen LogP contribution in [0, 0.1) is 6.92 Å². The molecule has 0 aliphatic heterocycles. The smallest absolute Gasteiger partial charge is 0.252 e. The second kappa shape index (κ2) is 11.1. The van der Waals surface area contributed by atoms with Crippen LogP contribution in [0.2, 0.25) is 5.02 Å². The van der Waals surface area contributed by atoms with Gasteiger partial charge in [0.15, 0.2) is 5.82 Å². The standard InChI is InChI=1S/C24H27ClN6O3/c1-16-29-30-23-22(26-11-5-6-12-27-24(32)18-7-3-4-8-19(18)25)28-20-15-17(34-14-13-33-2)9-10-21(20)31(16)23/h3-4,7-10,15H,5-6,11-14H2,1-2H3,(H,26,28)(H,27,32). The Morgan fingerprint density at radius 1 is 1.09 bits per heavy atom. The van der Waals surface area contributed by atoms with Crippen molar-refractivity contribution in [1.82, 2.24) is 24.9 Å². The number of nitrogens with one attached hydrogen (secondary N) is 2. The Morgan fingerprint density at radius 2 is 1.91 bits per heavy atom. The van der Waals surface area contributed by atoms with Crippen molar-refractivity contribution in [1.29, 1.82) is 0 Å². The van der Waals surface area contributed by atoms with Crippen molar-refractivity contribution in [2.75, 3.05) is 38.7 Å². The summed E-state index contributed by atoms with van der Waals surface area (Å²) < 4.78 is 12.8. The number of anilines is 1. The monoisotopic (exact) mass is 482 g/mol. The molecular weight excluding hydrogens is 456 g/mol. The predicted octanol–water partition coefficient (Wildman–Crippen LogP) is 3.89. The minimum atomic E-state index is -0.168. The summed E-state index contributed by atoms with van der Waals surface area (Å²) in [6.45, 7) is 4.12. The Balaban J connectivity index is 1.38. The highest BCUT2D eigenvalue weighted by Crippen LogP contribution is 2.25. The summed E-state index contributed by atoms with van der Waals surface area (Å²) in [5, 5.41) is 15.3. The van der Waals surface area contributed by atoms with Gasteiger partial charge in [-0.05, 0) is 44.0 Å². The van der Waals surface area contributed by atoms with Gasteiger partial charge in [0.05, 0.1) is 28.2 Å². The molecule has 0 spiro atoms. The zero-order valence-electron chi connectivity index (χ0n) is 19.2. The number of hydrogen-bond donors (Lipinski definition) is 2. The normalized spacial score (nSPS) is 11.1. The van der Waals surface area contributed by atoms with Crippen LogP contribution in [-0.2, 0) is 4.74 Å². The number of carbonyl (C=O) groups is 1. The number of aryl methyl sites for hydroxylation is 1. The molecule has 10 heteroatoms. The number of hydrogen-bond acceptors (Lipinski definition) is 7. The molecule has 0 radical (unpaired) electrons. The number of methoxy groups -OCH3 is 1. The molecule has 0 bridgehead atoms. The number of aromatic nitrogens is 4. The van der Waals surface area contributed by atoms with E-state index in [-0.39, 0.29) is 5.91 Å². The van der Waals surface area contributed by atoms with Gasteiger partial charge in [-0.2, -0.15) is 0 Å². The van der Waals surface area contributed by atoms with E-state index >= 15 is 0 Å². The predicted molar refractivity (Wildman–Crippen MR) is 132 cm³/mol. The van der Waals surface area contributed by atoms with Crippen LogP contribution in [0.5, 0.6) is 5.75 Å². The SMILES string of the molecule is COCCOc1ccc2c(c1)nc(NCCCCNC(=O)c1ccccc1Cl)c1nnc(C)n12. The second-order valence-corrected chi connectivity index (χ2v) is 8.14. The summed E-state index contributed by atoms with van der Waals surface area (Å²) in [7, 11) is 1.64. The molecule has 2 heterocycles. The fourth-order valence-electron chi connectivity index (χ4n) is 3.61. The van der Waals surface area contributed by atoms with Crippen LogP contribution in [0.3, 0.4) is 0 Å². The van der Waals surface area contributed by atoms with Gasteiger partial charge in [0.2, 0.25) is 5.65 Å². The topological polar surface area (TPSA) is 103 Å². The third-order valence-corrected chi connectivity index (χ3v) is 5.64. The third-order valence-electron chi connectivity index (χ3n) is 5.31. The van der Waals surface area contributed by atoms with E-state index in [0.29, 0.717) is 48.4 Å². The first-order chi connectivity index (χ1) is 16.6. The van der Waals surface area contributed by atoms with Gasteiger partial charge >= 0.3 is 0 Å². The summed E-state index contributed by atoms with van der Waals surface area (Å²) in [6, 6.07) is 12.8. The van der Waals surface area contributed by atoms with Gasteiger partial charge in [0, 0.05) is 26.3 Å². The van der Waals surface area contributed by atoms with E-state index in [1.165, 1.54) is 0 Å². The summed E-state index contributed by atoms with van der Waals surface area (Å²) in [6.07, 6.45) is 1.64. The van der Waals surface area contributed by atoms with Gasteiger partial charge in [-0.1, -0.05) is 23.7 Å². The molecule has 0 saturated carbocycles. The van der Waals surface area contributed by atoms with Gasteiger partial charge in [-0.15, -0.1) is 10.2 Å². The molecule has 0 saturated heterocycles. The van der Waals surface area contributed by atoms with E-state index < -0.39 is 0 Å². The van der Waals surface area contributed by atoms with Crippen molar-refractivity contribution < 1.29 is 14.3 Å². The number of ether oxygens (including phenoxy) is 2. The average Bonchev–Trinajstić information content (AvgIpc) is 3.23. The molecule has 0 atom stereocenters. The lowest BCUT2D eigenvalue weighted by Gasteiger charge is -2.12. The molecule has 0 aliphatic rings. The van der Waals surface area contributed by atoms with Crippen molar-refractivity contribution in [3.63, 3.8) is 0 Å². The van der Waals surface area contributed by atoms with E-state index in [4.69, 9.17) is 26.1 Å². The number of rotatable bonds is 11. The second-order valence-electron chi connectivity index (χ2n) is 7.73. The van der Waals surface area contributed by atoms with Gasteiger partial charge < -0.3 is 20.1 Å². The molecule has 178 valence electrons. The van der Waals surface area contributed by atoms with Gasteiger partial charge in [0.1, 0.15) is 18.2 Å². The molecule has 2 aromatic heterocycles. The molecule has 34 heavy (non-hydrogen) atoms. The van der Waals surface area contributed by atoms with E-state index in [0.717, 1.165) is 35.4 Å². The van der Waals surface area contributed by atoms with Crippen molar-refractivity contribution in [2.45, 2.75) is 19.8 Å². The first-order valence-corrected chi connectivity index (χ1v) is 11.5. The van der Waals surface area contributed by atoms with Gasteiger partial charge in [0.25, 0.3) is 5.91 Å². The molecule has 4 aromatic rings. The highest BCUT2D eigenvalue weighted by molar-refractivity contribution is 6.33. The summed E-state index contributed by atoms with van der Waals surface area (Å²) in [5.41, 5.74) is 2.84. The minimum Gasteiger partial charge on any atom is -0.491 e. The molecule has 0 fully saturated rings. The largest absolute Gasteiger partial charge is 0.491 e. The van der Waals surface area contributed by atoms with Crippen molar-refractivity contribution in [2.24, 2.45) is 0 Å². The number of benzene rings is 2. The molecule has 1 amide bonds. The van der Waals surface area contributed by atoms with Crippen LogP contribution >= 0.6 is 11.6 Å². The van der Waals surface area contributed by atoms with E-state index in [1.54, 1.807) is 31.4 Å². The maximum atomic E-state index is 12.2. The lowest BCUT2D eigenvalue weighted by atomic mass is 10.2. The Kier molecular flexibility index (Phi) is 7.76. The van der Waals surface area contributed by atoms with E-state index in [2.05, 4.69) is 20.8 Å². The number of amides is 1. The van der Waals surface area contributed by atoms with Crippen LogP contribution < -0.4 is 15.4 Å². The summed E-state index contributed by atoms with van der Waals surface area (Å²) in [4.78, 5) is 17.0. The highest BCUT2D eigenvalue weighted by atomic mass is 35.5. The summed E-state index contributed by atoms with van der Waals surface area (Å²) >= 11 is 6.08. The molecule has 2 aromatic carbocycles. The Labute approximate surface area is 202 Å². The molecule has 4 rings (SSSR count). The van der Waals surface area contributed by atoms with Gasteiger partial charge in [-0.25, -0.2) is 4.98 Å². The fourth-order valence-corrected chi connectivity index (χ4v) is 3.83. The quantitative estimate of drug-likeness (QED) is 0.313. The maximum absolute atomic E-state index is 12.2. The number of unbranched alkanes of at least 4 members (excludes halogenated alkanes) is 1.